The highest BCUT2D eigenvalue weighted by atomic mass is 16.2. The van der Waals surface area contributed by atoms with Gasteiger partial charge in [-0.25, -0.2) is 4.79 Å². The van der Waals surface area contributed by atoms with Crippen molar-refractivity contribution in [2.75, 3.05) is 13.1 Å². The lowest BCUT2D eigenvalue weighted by molar-refractivity contribution is 0.197. The fourth-order valence-corrected chi connectivity index (χ4v) is 3.23. The molecule has 0 spiro atoms. The Kier molecular flexibility index (Phi) is 5.72. The first-order valence-corrected chi connectivity index (χ1v) is 8.94. The molecule has 1 heterocycles. The highest BCUT2D eigenvalue weighted by Gasteiger charge is 2.21. The molecule has 2 amide bonds. The second kappa shape index (κ2) is 7.37. The van der Waals surface area contributed by atoms with Crippen molar-refractivity contribution in [2.24, 2.45) is 17.3 Å². The third-order valence-electron chi connectivity index (χ3n) is 4.64. The summed E-state index contributed by atoms with van der Waals surface area (Å²) in [5, 5.41) is 3.11. The molecule has 0 saturated carbocycles. The average molecular weight is 316 g/mol. The van der Waals surface area contributed by atoms with Crippen LogP contribution in [0.2, 0.25) is 0 Å². The summed E-state index contributed by atoms with van der Waals surface area (Å²) in [4.78, 5) is 14.6. The Morgan fingerprint density at radius 1 is 1.17 bits per heavy atom. The smallest absolute Gasteiger partial charge is 0.321 e. The van der Waals surface area contributed by atoms with E-state index in [0.29, 0.717) is 11.8 Å². The Balaban J connectivity index is 2.04. The van der Waals surface area contributed by atoms with Gasteiger partial charge in [0.1, 0.15) is 0 Å². The molecule has 1 saturated heterocycles. The first kappa shape index (κ1) is 17.8. The van der Waals surface area contributed by atoms with Gasteiger partial charge in [-0.15, -0.1) is 0 Å². The number of urea groups is 1. The van der Waals surface area contributed by atoms with Gasteiger partial charge >= 0.3 is 6.03 Å². The molecule has 2 atom stereocenters. The van der Waals surface area contributed by atoms with Gasteiger partial charge in [0.25, 0.3) is 0 Å². The molecule has 0 aromatic rings. The predicted octanol–water partition coefficient (Wildman–Crippen LogP) is 4.88. The molecule has 1 N–H and O–H groups in total. The van der Waals surface area contributed by atoms with E-state index in [2.05, 4.69) is 58.2 Å². The summed E-state index contributed by atoms with van der Waals surface area (Å²) < 4.78 is 0. The van der Waals surface area contributed by atoms with Crippen LogP contribution in [0, 0.1) is 17.3 Å². The summed E-state index contributed by atoms with van der Waals surface area (Å²) in [5.41, 5.74) is 2.35. The first-order chi connectivity index (χ1) is 10.8. The predicted molar refractivity (Wildman–Crippen MR) is 97.0 cm³/mol. The van der Waals surface area contributed by atoms with Gasteiger partial charge in [0, 0.05) is 18.8 Å². The molecular weight excluding hydrogens is 284 g/mol. The van der Waals surface area contributed by atoms with Gasteiger partial charge in [-0.1, -0.05) is 59.3 Å². The molecule has 0 bridgehead atoms. The standard InChI is InChI=1S/C20H32N2O/c1-15-8-6-7-11-22(14-15)19(23)21-18-10-9-17(20(3,4)5)12-16(2)13-18/h9-10,12-13,15-16H,6-8,11,14H2,1-5H3,(H,21,23). The molecule has 3 heteroatoms. The minimum absolute atomic E-state index is 0.0426. The van der Waals surface area contributed by atoms with Gasteiger partial charge in [-0.05, 0) is 41.7 Å². The van der Waals surface area contributed by atoms with Gasteiger partial charge < -0.3 is 10.2 Å². The summed E-state index contributed by atoms with van der Waals surface area (Å²) in [7, 11) is 0. The van der Waals surface area contributed by atoms with Gasteiger partial charge in [0.2, 0.25) is 0 Å². The number of amides is 2. The zero-order valence-corrected chi connectivity index (χ0v) is 15.4. The lowest BCUT2D eigenvalue weighted by Gasteiger charge is -2.23. The quantitative estimate of drug-likeness (QED) is 0.734. The Labute approximate surface area is 141 Å². The van der Waals surface area contributed by atoms with Crippen LogP contribution in [0.3, 0.4) is 0 Å². The number of likely N-dealkylation sites (tertiary alicyclic amines) is 1. The third-order valence-corrected chi connectivity index (χ3v) is 4.64. The topological polar surface area (TPSA) is 32.3 Å². The highest BCUT2D eigenvalue weighted by Crippen LogP contribution is 2.29. The zero-order chi connectivity index (χ0) is 17.0. The number of hydrogen-bond acceptors (Lipinski definition) is 1. The van der Waals surface area contributed by atoms with E-state index in [1.807, 2.05) is 11.0 Å². The molecule has 2 unspecified atom stereocenters. The number of nitrogens with one attached hydrogen (secondary N) is 1. The summed E-state index contributed by atoms with van der Waals surface area (Å²) in [6.45, 7) is 12.8. The normalized spacial score (nSPS) is 26.0. The second-order valence-corrected chi connectivity index (χ2v) is 8.16. The molecule has 3 nitrogen and oxygen atoms in total. The number of hydrogen-bond donors (Lipinski definition) is 1. The SMILES string of the molecule is CC1C=C(NC(=O)N2CCCCC(C)C2)C=CC(C(C)(C)C)=C1. The largest absolute Gasteiger partial charge is 0.324 e. The Bertz CT molecular complexity index is 522. The molecule has 2 aliphatic rings. The van der Waals surface area contributed by atoms with Crippen LogP contribution in [0.15, 0.2) is 35.6 Å². The lowest BCUT2D eigenvalue weighted by Crippen LogP contribution is -2.41. The zero-order valence-electron chi connectivity index (χ0n) is 15.4. The number of carbonyl (C=O) groups is 1. The molecular formula is C20H32N2O. The summed E-state index contributed by atoms with van der Waals surface area (Å²) in [5.74, 6) is 0.910. The van der Waals surface area contributed by atoms with E-state index in [4.69, 9.17) is 0 Å². The Hall–Kier alpha value is -1.51. The maximum atomic E-state index is 12.6. The molecule has 2 rings (SSSR count). The van der Waals surface area contributed by atoms with Crippen molar-refractivity contribution in [3.8, 4) is 0 Å². The minimum Gasteiger partial charge on any atom is -0.324 e. The summed E-state index contributed by atoms with van der Waals surface area (Å²) in [6.07, 6.45) is 12.2. The van der Waals surface area contributed by atoms with Gasteiger partial charge in [-0.2, -0.15) is 0 Å². The van der Waals surface area contributed by atoms with Crippen LogP contribution >= 0.6 is 0 Å². The van der Waals surface area contributed by atoms with Crippen LogP contribution < -0.4 is 5.32 Å². The van der Waals surface area contributed by atoms with E-state index in [-0.39, 0.29) is 11.4 Å². The van der Waals surface area contributed by atoms with E-state index >= 15 is 0 Å². The number of rotatable bonds is 1. The van der Waals surface area contributed by atoms with Crippen molar-refractivity contribution in [1.82, 2.24) is 10.2 Å². The van der Waals surface area contributed by atoms with E-state index in [1.165, 1.54) is 18.4 Å². The molecule has 0 radical (unpaired) electrons. The average Bonchev–Trinajstić information content (AvgIpc) is 2.76. The minimum atomic E-state index is 0.0426. The van der Waals surface area contributed by atoms with Crippen LogP contribution in [0.4, 0.5) is 4.79 Å². The maximum Gasteiger partial charge on any atom is 0.321 e. The maximum absolute atomic E-state index is 12.6. The van der Waals surface area contributed by atoms with Crippen LogP contribution in [0.25, 0.3) is 0 Å². The fourth-order valence-electron chi connectivity index (χ4n) is 3.23. The van der Waals surface area contributed by atoms with Crippen molar-refractivity contribution in [1.29, 1.82) is 0 Å². The van der Waals surface area contributed by atoms with Crippen molar-refractivity contribution in [3.63, 3.8) is 0 Å². The van der Waals surface area contributed by atoms with Crippen molar-refractivity contribution in [2.45, 2.75) is 53.9 Å². The fraction of sp³-hybridized carbons (Fsp3) is 0.650. The summed E-state index contributed by atoms with van der Waals surface area (Å²) >= 11 is 0. The molecule has 1 aliphatic carbocycles. The molecule has 23 heavy (non-hydrogen) atoms. The third kappa shape index (κ3) is 5.26. The molecule has 1 aliphatic heterocycles. The molecule has 1 fully saturated rings. The van der Waals surface area contributed by atoms with Gasteiger partial charge in [0.15, 0.2) is 0 Å². The van der Waals surface area contributed by atoms with Crippen molar-refractivity contribution in [3.05, 3.63) is 35.6 Å². The van der Waals surface area contributed by atoms with Crippen LogP contribution in [0.1, 0.15) is 53.9 Å². The van der Waals surface area contributed by atoms with E-state index < -0.39 is 0 Å². The molecule has 128 valence electrons. The highest BCUT2D eigenvalue weighted by molar-refractivity contribution is 5.76. The van der Waals surface area contributed by atoms with Crippen molar-refractivity contribution >= 4 is 6.03 Å². The lowest BCUT2D eigenvalue weighted by atomic mass is 9.85. The van der Waals surface area contributed by atoms with Crippen LogP contribution in [-0.2, 0) is 0 Å². The number of allylic oxidation sites excluding steroid dienone is 5. The summed E-state index contributed by atoms with van der Waals surface area (Å²) in [6, 6.07) is 0.0426. The second-order valence-electron chi connectivity index (χ2n) is 8.16. The Morgan fingerprint density at radius 3 is 2.61 bits per heavy atom. The van der Waals surface area contributed by atoms with Gasteiger partial charge in [-0.3, -0.25) is 0 Å². The van der Waals surface area contributed by atoms with Crippen LogP contribution in [-0.4, -0.2) is 24.0 Å². The van der Waals surface area contributed by atoms with Crippen molar-refractivity contribution < 1.29 is 4.79 Å². The van der Waals surface area contributed by atoms with E-state index in [0.717, 1.165) is 25.2 Å². The van der Waals surface area contributed by atoms with Gasteiger partial charge in [0.05, 0.1) is 0 Å². The van der Waals surface area contributed by atoms with E-state index in [9.17, 15) is 4.79 Å². The first-order valence-electron chi connectivity index (χ1n) is 8.94. The molecule has 0 aromatic carbocycles. The monoisotopic (exact) mass is 316 g/mol. The Morgan fingerprint density at radius 2 is 1.91 bits per heavy atom. The van der Waals surface area contributed by atoms with E-state index in [1.54, 1.807) is 0 Å². The number of carbonyl (C=O) groups excluding carboxylic acids is 1. The number of nitrogens with zero attached hydrogens (tertiary/aromatic N) is 1. The van der Waals surface area contributed by atoms with Crippen LogP contribution in [0.5, 0.6) is 0 Å². The molecule has 0 aromatic heterocycles.